The summed E-state index contributed by atoms with van der Waals surface area (Å²) in [5.74, 6) is -0.153. The Hall–Kier alpha value is -3.68. The van der Waals surface area contributed by atoms with Crippen LogP contribution in [0.3, 0.4) is 0 Å². The standard InChI is InChI=1S/C17H17N7O/c1-10(23-24-17(18)19)11-6-8-12(9-7-11)20-16(25)15-21-13-4-2-3-5-14(13)22-15/h2-9H,1H3,(H,20,25)(H,21,22)(H4,18,19,24)/b23-10-. The van der Waals surface area contributed by atoms with Crippen LogP contribution in [0.15, 0.2) is 58.7 Å². The molecule has 3 aromatic rings. The number of aromatic nitrogens is 2. The quantitative estimate of drug-likeness (QED) is 0.328. The summed E-state index contributed by atoms with van der Waals surface area (Å²) in [7, 11) is 0. The minimum Gasteiger partial charge on any atom is -0.369 e. The summed E-state index contributed by atoms with van der Waals surface area (Å²) in [5.41, 5.74) is 14.2. The van der Waals surface area contributed by atoms with Gasteiger partial charge >= 0.3 is 0 Å². The summed E-state index contributed by atoms with van der Waals surface area (Å²) in [5, 5.41) is 10.3. The van der Waals surface area contributed by atoms with Crippen molar-refractivity contribution in [2.45, 2.75) is 6.92 Å². The molecule has 8 nitrogen and oxygen atoms in total. The topological polar surface area (TPSA) is 135 Å². The molecule has 1 amide bonds. The Bertz CT molecular complexity index is 933. The molecule has 1 heterocycles. The Labute approximate surface area is 143 Å². The monoisotopic (exact) mass is 335 g/mol. The zero-order chi connectivity index (χ0) is 17.8. The molecule has 6 N–H and O–H groups in total. The minimum absolute atomic E-state index is 0.103. The van der Waals surface area contributed by atoms with E-state index in [4.69, 9.17) is 11.5 Å². The van der Waals surface area contributed by atoms with E-state index >= 15 is 0 Å². The summed E-state index contributed by atoms with van der Waals surface area (Å²) in [6, 6.07) is 14.6. The molecular formula is C17H17N7O. The number of anilines is 1. The van der Waals surface area contributed by atoms with Crippen molar-refractivity contribution in [3.8, 4) is 0 Å². The van der Waals surface area contributed by atoms with Crippen molar-refractivity contribution in [3.63, 3.8) is 0 Å². The summed E-state index contributed by atoms with van der Waals surface area (Å²) in [6.45, 7) is 1.79. The molecule has 0 aliphatic heterocycles. The largest absolute Gasteiger partial charge is 0.369 e. The molecular weight excluding hydrogens is 318 g/mol. The zero-order valence-electron chi connectivity index (χ0n) is 13.5. The number of para-hydroxylation sites is 2. The van der Waals surface area contributed by atoms with Gasteiger partial charge < -0.3 is 21.8 Å². The molecule has 3 rings (SSSR count). The Balaban J connectivity index is 1.73. The van der Waals surface area contributed by atoms with E-state index in [-0.39, 0.29) is 17.7 Å². The van der Waals surface area contributed by atoms with Crippen LogP contribution in [0.1, 0.15) is 23.1 Å². The number of aromatic amines is 1. The van der Waals surface area contributed by atoms with E-state index < -0.39 is 0 Å². The van der Waals surface area contributed by atoms with Gasteiger partial charge in [0.1, 0.15) is 0 Å². The number of benzene rings is 2. The van der Waals surface area contributed by atoms with Gasteiger partial charge in [-0.3, -0.25) is 4.79 Å². The van der Waals surface area contributed by atoms with Crippen molar-refractivity contribution in [1.29, 1.82) is 0 Å². The maximum Gasteiger partial charge on any atom is 0.291 e. The maximum atomic E-state index is 12.3. The van der Waals surface area contributed by atoms with Gasteiger partial charge in [-0.2, -0.15) is 5.10 Å². The second kappa shape index (κ2) is 6.83. The molecule has 0 aliphatic carbocycles. The number of nitrogens with one attached hydrogen (secondary N) is 2. The van der Waals surface area contributed by atoms with Crippen molar-refractivity contribution in [2.24, 2.45) is 21.7 Å². The van der Waals surface area contributed by atoms with Gasteiger partial charge in [-0.05, 0) is 36.8 Å². The van der Waals surface area contributed by atoms with E-state index in [0.29, 0.717) is 11.4 Å². The van der Waals surface area contributed by atoms with E-state index in [1.807, 2.05) is 36.4 Å². The highest BCUT2D eigenvalue weighted by molar-refractivity contribution is 6.04. The summed E-state index contributed by atoms with van der Waals surface area (Å²) in [4.78, 5) is 19.6. The summed E-state index contributed by atoms with van der Waals surface area (Å²) in [6.07, 6.45) is 0. The third kappa shape index (κ3) is 3.81. The van der Waals surface area contributed by atoms with Crippen molar-refractivity contribution in [3.05, 3.63) is 59.9 Å². The summed E-state index contributed by atoms with van der Waals surface area (Å²) >= 11 is 0. The van der Waals surface area contributed by atoms with Gasteiger partial charge in [0.15, 0.2) is 5.82 Å². The average molecular weight is 335 g/mol. The fourth-order valence-corrected chi connectivity index (χ4v) is 2.24. The number of guanidine groups is 1. The lowest BCUT2D eigenvalue weighted by atomic mass is 10.1. The van der Waals surface area contributed by atoms with Gasteiger partial charge in [0.25, 0.3) is 5.91 Å². The Kier molecular flexibility index (Phi) is 4.42. The normalized spacial score (nSPS) is 11.3. The van der Waals surface area contributed by atoms with E-state index in [1.165, 1.54) is 0 Å². The minimum atomic E-state index is -0.310. The number of carbonyl (C=O) groups excluding carboxylic acids is 1. The second-order valence-electron chi connectivity index (χ2n) is 5.34. The molecule has 0 radical (unpaired) electrons. The highest BCUT2D eigenvalue weighted by atomic mass is 16.2. The van der Waals surface area contributed by atoms with Gasteiger partial charge in [-0.25, -0.2) is 4.98 Å². The molecule has 0 fully saturated rings. The highest BCUT2D eigenvalue weighted by Gasteiger charge is 2.11. The first-order valence-corrected chi connectivity index (χ1v) is 7.52. The number of hydrogen-bond donors (Lipinski definition) is 4. The molecule has 0 saturated heterocycles. The Morgan fingerprint density at radius 1 is 1.08 bits per heavy atom. The number of amides is 1. The molecule has 0 bridgehead atoms. The number of carbonyl (C=O) groups is 1. The van der Waals surface area contributed by atoms with Crippen LogP contribution in [0.2, 0.25) is 0 Å². The summed E-state index contributed by atoms with van der Waals surface area (Å²) < 4.78 is 0. The Morgan fingerprint density at radius 2 is 1.80 bits per heavy atom. The van der Waals surface area contributed by atoms with Crippen LogP contribution in [-0.4, -0.2) is 27.5 Å². The number of nitrogens with two attached hydrogens (primary N) is 2. The number of H-pyrrole nitrogens is 1. The van der Waals surface area contributed by atoms with Crippen molar-refractivity contribution < 1.29 is 4.79 Å². The van der Waals surface area contributed by atoms with Gasteiger partial charge in [-0.1, -0.05) is 24.3 Å². The fourth-order valence-electron chi connectivity index (χ4n) is 2.24. The highest BCUT2D eigenvalue weighted by Crippen LogP contribution is 2.14. The molecule has 25 heavy (non-hydrogen) atoms. The van der Waals surface area contributed by atoms with Crippen LogP contribution in [0.4, 0.5) is 5.69 Å². The lowest BCUT2D eigenvalue weighted by Gasteiger charge is -2.04. The molecule has 8 heteroatoms. The van der Waals surface area contributed by atoms with Crippen LogP contribution in [0, 0.1) is 0 Å². The molecule has 0 atom stereocenters. The predicted molar refractivity (Wildman–Crippen MR) is 98.5 cm³/mol. The number of rotatable bonds is 4. The third-order valence-electron chi connectivity index (χ3n) is 3.48. The van der Waals surface area contributed by atoms with Crippen LogP contribution in [0.5, 0.6) is 0 Å². The van der Waals surface area contributed by atoms with Crippen LogP contribution >= 0.6 is 0 Å². The molecule has 0 aliphatic rings. The van der Waals surface area contributed by atoms with Crippen LogP contribution in [0.25, 0.3) is 11.0 Å². The lowest BCUT2D eigenvalue weighted by Crippen LogP contribution is -2.22. The van der Waals surface area contributed by atoms with Crippen LogP contribution in [-0.2, 0) is 0 Å². The van der Waals surface area contributed by atoms with E-state index in [9.17, 15) is 4.79 Å². The second-order valence-corrected chi connectivity index (χ2v) is 5.34. The van der Waals surface area contributed by atoms with Gasteiger partial charge in [0, 0.05) is 5.69 Å². The maximum absolute atomic E-state index is 12.3. The first-order chi connectivity index (χ1) is 12.0. The lowest BCUT2D eigenvalue weighted by molar-refractivity contribution is 0.101. The Morgan fingerprint density at radius 3 is 2.48 bits per heavy atom. The average Bonchev–Trinajstić information content (AvgIpc) is 3.04. The zero-order valence-corrected chi connectivity index (χ0v) is 13.5. The number of nitrogens with zero attached hydrogens (tertiary/aromatic N) is 3. The van der Waals surface area contributed by atoms with E-state index in [0.717, 1.165) is 16.6 Å². The molecule has 0 saturated carbocycles. The third-order valence-corrected chi connectivity index (χ3v) is 3.48. The molecule has 0 unspecified atom stereocenters. The van der Waals surface area contributed by atoms with Crippen LogP contribution < -0.4 is 16.8 Å². The smallest absolute Gasteiger partial charge is 0.291 e. The van der Waals surface area contributed by atoms with E-state index in [1.54, 1.807) is 19.1 Å². The van der Waals surface area contributed by atoms with Crippen molar-refractivity contribution in [1.82, 2.24) is 9.97 Å². The van der Waals surface area contributed by atoms with Crippen molar-refractivity contribution in [2.75, 3.05) is 5.32 Å². The van der Waals surface area contributed by atoms with Gasteiger partial charge in [0.05, 0.1) is 16.7 Å². The molecule has 126 valence electrons. The molecule has 1 aromatic heterocycles. The van der Waals surface area contributed by atoms with Gasteiger partial charge in [-0.15, -0.1) is 5.10 Å². The first-order valence-electron chi connectivity index (χ1n) is 7.52. The van der Waals surface area contributed by atoms with Crippen molar-refractivity contribution >= 4 is 34.3 Å². The predicted octanol–water partition coefficient (Wildman–Crippen LogP) is 1.81. The molecule has 2 aromatic carbocycles. The van der Waals surface area contributed by atoms with Gasteiger partial charge in [0.2, 0.25) is 5.96 Å². The van der Waals surface area contributed by atoms with E-state index in [2.05, 4.69) is 25.5 Å². The molecule has 0 spiro atoms. The number of hydrogen-bond acceptors (Lipinski definition) is 4. The fraction of sp³-hybridized carbons (Fsp3) is 0.0588. The number of imidazole rings is 1. The number of fused-ring (bicyclic) bond motifs is 1. The first kappa shape index (κ1) is 16.2. The SMILES string of the molecule is C/C(=N/N=C(N)N)c1ccc(NC(=O)c2nc3ccccc3[nH]2)cc1.